The molecule has 2 saturated carbocycles. The van der Waals surface area contributed by atoms with Crippen molar-refractivity contribution in [3.63, 3.8) is 0 Å². The highest BCUT2D eigenvalue weighted by Crippen LogP contribution is 2.35. The second-order valence-electron chi connectivity index (χ2n) is 7.03. The van der Waals surface area contributed by atoms with Crippen LogP contribution in [0.2, 0.25) is 0 Å². The lowest BCUT2D eigenvalue weighted by atomic mass is 9.94. The maximum Gasteiger partial charge on any atom is 0.168 e. The highest BCUT2D eigenvalue weighted by Gasteiger charge is 2.37. The van der Waals surface area contributed by atoms with E-state index in [2.05, 4.69) is 0 Å². The molecule has 4 aliphatic rings. The van der Waals surface area contributed by atoms with Gasteiger partial charge in [0, 0.05) is 38.9 Å². The Bertz CT molecular complexity index is 314. The van der Waals surface area contributed by atoms with Crippen molar-refractivity contribution >= 4 is 5.78 Å². The number of aliphatic hydroxyl groups is 2. The van der Waals surface area contributed by atoms with Gasteiger partial charge in [0.1, 0.15) is 5.78 Å². The second-order valence-corrected chi connectivity index (χ2v) is 7.03. The number of rotatable bonds is 1. The maximum absolute atomic E-state index is 10.5. The van der Waals surface area contributed by atoms with Crippen LogP contribution in [-0.2, 0) is 19.0 Å². The van der Waals surface area contributed by atoms with Crippen LogP contribution in [0.4, 0.5) is 0 Å². The van der Waals surface area contributed by atoms with Crippen LogP contribution >= 0.6 is 0 Å². The molecular formula is C20H40O7. The highest BCUT2D eigenvalue weighted by molar-refractivity contribution is 5.78. The predicted octanol–water partition coefficient (Wildman–Crippen LogP) is 2.16. The largest absolute Gasteiger partial charge is 0.412 e. The van der Waals surface area contributed by atoms with Crippen LogP contribution in [0.25, 0.3) is 0 Å². The van der Waals surface area contributed by atoms with Gasteiger partial charge >= 0.3 is 0 Å². The van der Waals surface area contributed by atoms with Crippen LogP contribution in [0.1, 0.15) is 77.0 Å². The minimum absolute atomic E-state index is 0. The van der Waals surface area contributed by atoms with E-state index in [0.717, 1.165) is 65.0 Å². The Labute approximate surface area is 163 Å². The molecule has 7 nitrogen and oxygen atoms in total. The van der Waals surface area contributed by atoms with Crippen LogP contribution in [0.3, 0.4) is 0 Å². The fraction of sp³-hybridized carbons (Fsp3) is 0.950. The van der Waals surface area contributed by atoms with E-state index in [1.165, 1.54) is 38.5 Å². The summed E-state index contributed by atoms with van der Waals surface area (Å²) in [4.78, 5) is 10.5. The van der Waals surface area contributed by atoms with E-state index in [9.17, 15) is 4.79 Å². The number of hydrogen-bond donors (Lipinski definition) is 2. The zero-order chi connectivity index (χ0) is 18.9. The topological polar surface area (TPSA) is 117 Å². The Morgan fingerprint density at radius 1 is 0.704 bits per heavy atom. The van der Waals surface area contributed by atoms with Crippen LogP contribution < -0.4 is 0 Å². The summed E-state index contributed by atoms with van der Waals surface area (Å²) in [6.07, 6.45) is 13.9. The third-order valence-corrected chi connectivity index (χ3v) is 4.77. The van der Waals surface area contributed by atoms with E-state index < -0.39 is 0 Å². The Hall–Kier alpha value is -0.570. The number of Topliss-reactive ketones (excluding diaryl/α,β-unsaturated/α-hetero) is 1. The molecule has 1 spiro atoms. The molecule has 0 amide bonds. The molecule has 2 saturated heterocycles. The zero-order valence-corrected chi connectivity index (χ0v) is 16.8. The molecule has 0 aromatic rings. The molecule has 27 heavy (non-hydrogen) atoms. The van der Waals surface area contributed by atoms with E-state index in [1.807, 2.05) is 0 Å². The molecule has 0 aromatic carbocycles. The number of ketones is 1. The Kier molecular flexibility index (Phi) is 17.2. The smallest absolute Gasteiger partial charge is 0.168 e. The predicted molar refractivity (Wildman–Crippen MR) is 104 cm³/mol. The number of hydrogen-bond acceptors (Lipinski definition) is 6. The van der Waals surface area contributed by atoms with Gasteiger partial charge in [-0.15, -0.1) is 0 Å². The first-order valence-corrected chi connectivity index (χ1v) is 10.3. The standard InChI is InChI=1S/C8H14O2.C6H10O.C4H8O.C2H6O2.H2O/c1-2-4-8(5-3-1)9-6-7-10-8;7-6-4-2-1-3-5-6;1-2-4-5-3-1;3-1-2-4;/h1-7H2;1-5H2;1-4H2;3-4H,1-2H2;1H2. The molecule has 4 fully saturated rings. The van der Waals surface area contributed by atoms with Crippen molar-refractivity contribution in [2.24, 2.45) is 0 Å². The molecule has 7 heteroatoms. The fourth-order valence-corrected chi connectivity index (χ4v) is 3.33. The zero-order valence-electron chi connectivity index (χ0n) is 16.8. The quantitative estimate of drug-likeness (QED) is 0.706. The number of carbonyl (C=O) groups is 1. The first kappa shape index (κ1) is 26.4. The van der Waals surface area contributed by atoms with Crippen molar-refractivity contribution in [1.29, 1.82) is 0 Å². The lowest BCUT2D eigenvalue weighted by Gasteiger charge is -2.30. The van der Waals surface area contributed by atoms with Crippen LogP contribution in [0, 0.1) is 0 Å². The Balaban J connectivity index is 0.000000352. The van der Waals surface area contributed by atoms with Crippen molar-refractivity contribution in [3.05, 3.63) is 0 Å². The molecule has 2 aliphatic carbocycles. The molecule has 0 radical (unpaired) electrons. The van der Waals surface area contributed by atoms with Gasteiger partial charge in [0.2, 0.25) is 0 Å². The van der Waals surface area contributed by atoms with Crippen molar-refractivity contribution in [1.82, 2.24) is 0 Å². The van der Waals surface area contributed by atoms with Gasteiger partial charge in [-0.3, -0.25) is 4.79 Å². The van der Waals surface area contributed by atoms with E-state index in [0.29, 0.717) is 5.78 Å². The molecule has 0 atom stereocenters. The van der Waals surface area contributed by atoms with Gasteiger partial charge in [0.05, 0.1) is 26.4 Å². The van der Waals surface area contributed by atoms with E-state index >= 15 is 0 Å². The second kappa shape index (κ2) is 17.5. The molecule has 2 aliphatic heterocycles. The van der Waals surface area contributed by atoms with Crippen molar-refractivity contribution in [2.75, 3.05) is 39.6 Å². The molecule has 0 unspecified atom stereocenters. The van der Waals surface area contributed by atoms with Crippen molar-refractivity contribution < 1.29 is 34.7 Å². The average molecular weight is 393 g/mol. The SMILES string of the molecule is C1CCC2(CC1)OCCO2.C1CCOC1.O.O=C1CCCCC1.OCCO. The molecular weight excluding hydrogens is 352 g/mol. The van der Waals surface area contributed by atoms with Gasteiger partial charge in [-0.1, -0.05) is 12.8 Å². The summed E-state index contributed by atoms with van der Waals surface area (Å²) >= 11 is 0. The molecule has 0 bridgehead atoms. The van der Waals surface area contributed by atoms with Gasteiger partial charge in [-0.2, -0.15) is 0 Å². The molecule has 2 heterocycles. The fourth-order valence-electron chi connectivity index (χ4n) is 3.33. The number of carbonyl (C=O) groups excluding carboxylic acids is 1. The summed E-state index contributed by atoms with van der Waals surface area (Å²) in [6, 6.07) is 0. The summed E-state index contributed by atoms with van der Waals surface area (Å²) in [7, 11) is 0. The highest BCUT2D eigenvalue weighted by atomic mass is 16.7. The van der Waals surface area contributed by atoms with Crippen LogP contribution in [0.15, 0.2) is 0 Å². The van der Waals surface area contributed by atoms with Crippen LogP contribution in [0.5, 0.6) is 0 Å². The van der Waals surface area contributed by atoms with Gasteiger partial charge in [0.25, 0.3) is 0 Å². The Morgan fingerprint density at radius 3 is 1.52 bits per heavy atom. The third kappa shape index (κ3) is 13.3. The lowest BCUT2D eigenvalue weighted by Crippen LogP contribution is -2.32. The lowest BCUT2D eigenvalue weighted by molar-refractivity contribution is -0.176. The molecule has 4 N–H and O–H groups in total. The Morgan fingerprint density at radius 2 is 1.19 bits per heavy atom. The minimum Gasteiger partial charge on any atom is -0.412 e. The molecule has 162 valence electrons. The van der Waals surface area contributed by atoms with Gasteiger partial charge in [0.15, 0.2) is 5.79 Å². The molecule has 4 rings (SSSR count). The summed E-state index contributed by atoms with van der Waals surface area (Å²) < 4.78 is 16.1. The van der Waals surface area contributed by atoms with Gasteiger partial charge in [-0.25, -0.2) is 0 Å². The van der Waals surface area contributed by atoms with E-state index in [4.69, 9.17) is 24.4 Å². The summed E-state index contributed by atoms with van der Waals surface area (Å²) in [5.41, 5.74) is 0. The minimum atomic E-state index is -0.127. The first-order chi connectivity index (χ1) is 12.7. The van der Waals surface area contributed by atoms with Crippen molar-refractivity contribution in [2.45, 2.75) is 82.8 Å². The van der Waals surface area contributed by atoms with Crippen LogP contribution in [-0.4, -0.2) is 66.9 Å². The van der Waals surface area contributed by atoms with Gasteiger partial charge in [-0.05, 0) is 38.5 Å². The first-order valence-electron chi connectivity index (χ1n) is 10.3. The maximum atomic E-state index is 10.5. The van der Waals surface area contributed by atoms with E-state index in [-0.39, 0.29) is 24.5 Å². The van der Waals surface area contributed by atoms with E-state index in [1.54, 1.807) is 0 Å². The normalized spacial score (nSPS) is 23.0. The van der Waals surface area contributed by atoms with Gasteiger partial charge < -0.3 is 29.9 Å². The monoisotopic (exact) mass is 392 g/mol. The summed E-state index contributed by atoms with van der Waals surface area (Å²) in [5, 5.41) is 15.2. The third-order valence-electron chi connectivity index (χ3n) is 4.77. The molecule has 0 aromatic heterocycles. The van der Waals surface area contributed by atoms with Crippen molar-refractivity contribution in [3.8, 4) is 0 Å². The average Bonchev–Trinajstić information content (AvgIpc) is 3.40. The summed E-state index contributed by atoms with van der Waals surface area (Å²) in [6.45, 7) is 3.36. The summed E-state index contributed by atoms with van der Waals surface area (Å²) in [5.74, 6) is 0.337. The number of ether oxygens (including phenoxy) is 3. The number of aliphatic hydroxyl groups excluding tert-OH is 2.